The highest BCUT2D eigenvalue weighted by Crippen LogP contribution is 2.52. The van der Waals surface area contributed by atoms with E-state index in [0.29, 0.717) is 13.0 Å². The van der Waals surface area contributed by atoms with Crippen LogP contribution in [0.4, 0.5) is 0 Å². The van der Waals surface area contributed by atoms with E-state index in [1.165, 1.54) is 22.7 Å². The van der Waals surface area contributed by atoms with Crippen LogP contribution in [0, 0.1) is 0 Å². The molecular formula is C8H12N2O3S. The van der Waals surface area contributed by atoms with Crippen LogP contribution >= 0.6 is 10.6 Å². The number of nitrogens with one attached hydrogen (secondary N) is 1. The number of nitrogens with zero attached hydrogens (tertiary/aromatic N) is 1. The van der Waals surface area contributed by atoms with Gasteiger partial charge in [0.25, 0.3) is 0 Å². The fraction of sp³-hybridized carbons (Fsp3) is 0.375. The summed E-state index contributed by atoms with van der Waals surface area (Å²) in [7, 11) is -2.92. The first-order chi connectivity index (χ1) is 6.61. The van der Waals surface area contributed by atoms with E-state index < -0.39 is 10.6 Å². The molecule has 2 aliphatic rings. The van der Waals surface area contributed by atoms with Crippen molar-refractivity contribution < 1.29 is 13.9 Å². The summed E-state index contributed by atoms with van der Waals surface area (Å²) in [6.07, 6.45) is 4.18. The van der Waals surface area contributed by atoms with E-state index in [1.54, 1.807) is 0 Å². The van der Waals surface area contributed by atoms with Crippen LogP contribution in [0.15, 0.2) is 22.8 Å². The molecule has 6 heteroatoms. The summed E-state index contributed by atoms with van der Waals surface area (Å²) >= 11 is 0. The van der Waals surface area contributed by atoms with E-state index in [4.69, 9.17) is 0 Å². The average Bonchev–Trinajstić information content (AvgIpc) is 2.51. The molecule has 2 rings (SSSR count). The Bertz CT molecular complexity index is 325. The molecule has 1 amide bonds. The molecule has 0 aromatic heterocycles. The standard InChI is InChI=1S/C8H12N2O3S/c11-7-2-1-4-10(7)8-6-9-3-5-14(8,12)13/h3,5-6,9,12-13H,1-2,4H2. The van der Waals surface area contributed by atoms with Gasteiger partial charge in [-0.05, 0) is 6.42 Å². The summed E-state index contributed by atoms with van der Waals surface area (Å²) in [5.74, 6) is -0.0478. The van der Waals surface area contributed by atoms with Crippen LogP contribution in [0.25, 0.3) is 0 Å². The third-order valence-corrected chi connectivity index (χ3v) is 3.68. The van der Waals surface area contributed by atoms with Crippen molar-refractivity contribution in [2.75, 3.05) is 6.54 Å². The van der Waals surface area contributed by atoms with Gasteiger partial charge in [-0.3, -0.25) is 18.8 Å². The quantitative estimate of drug-likeness (QED) is 0.616. The molecule has 0 aromatic rings. The van der Waals surface area contributed by atoms with Crippen molar-refractivity contribution in [2.24, 2.45) is 0 Å². The maximum absolute atomic E-state index is 11.4. The molecule has 0 aliphatic carbocycles. The number of hydrogen-bond acceptors (Lipinski definition) is 4. The molecule has 78 valence electrons. The number of amides is 1. The Morgan fingerprint density at radius 3 is 2.86 bits per heavy atom. The minimum absolute atomic E-state index is 0.0478. The molecule has 1 fully saturated rings. The van der Waals surface area contributed by atoms with Crippen LogP contribution in [-0.4, -0.2) is 26.5 Å². The van der Waals surface area contributed by atoms with Gasteiger partial charge in [0, 0.05) is 30.8 Å². The summed E-state index contributed by atoms with van der Waals surface area (Å²) < 4.78 is 19.3. The van der Waals surface area contributed by atoms with Crippen LogP contribution in [0.3, 0.4) is 0 Å². The molecule has 1 saturated heterocycles. The molecule has 2 heterocycles. The molecule has 3 N–H and O–H groups in total. The lowest BCUT2D eigenvalue weighted by atomic mass is 10.4. The highest BCUT2D eigenvalue weighted by atomic mass is 32.3. The molecule has 0 bridgehead atoms. The topological polar surface area (TPSA) is 72.8 Å². The monoisotopic (exact) mass is 216 g/mol. The number of hydrogen-bond donors (Lipinski definition) is 3. The molecule has 0 radical (unpaired) electrons. The second-order valence-electron chi connectivity index (χ2n) is 3.19. The van der Waals surface area contributed by atoms with Crippen molar-refractivity contribution >= 4 is 16.5 Å². The van der Waals surface area contributed by atoms with Crippen LogP contribution in [0.1, 0.15) is 12.8 Å². The van der Waals surface area contributed by atoms with Crippen LogP contribution < -0.4 is 5.32 Å². The van der Waals surface area contributed by atoms with Gasteiger partial charge in [0.1, 0.15) is 0 Å². The Morgan fingerprint density at radius 2 is 2.29 bits per heavy atom. The van der Waals surface area contributed by atoms with E-state index in [-0.39, 0.29) is 10.9 Å². The minimum atomic E-state index is -2.92. The Balaban J connectivity index is 2.25. The molecule has 0 unspecified atom stereocenters. The molecule has 0 spiro atoms. The van der Waals surface area contributed by atoms with Crippen molar-refractivity contribution in [2.45, 2.75) is 12.8 Å². The smallest absolute Gasteiger partial charge is 0.228 e. The third-order valence-electron chi connectivity index (χ3n) is 2.21. The zero-order valence-electron chi connectivity index (χ0n) is 7.51. The Morgan fingerprint density at radius 1 is 1.50 bits per heavy atom. The predicted molar refractivity (Wildman–Crippen MR) is 54.2 cm³/mol. The van der Waals surface area contributed by atoms with Crippen LogP contribution in [0.2, 0.25) is 0 Å². The Hall–Kier alpha value is -0.980. The van der Waals surface area contributed by atoms with E-state index in [9.17, 15) is 13.9 Å². The van der Waals surface area contributed by atoms with Gasteiger partial charge in [-0.15, -0.1) is 10.6 Å². The Labute approximate surface area is 83.4 Å². The van der Waals surface area contributed by atoms with Crippen LogP contribution in [-0.2, 0) is 4.79 Å². The molecule has 2 aliphatic heterocycles. The first kappa shape index (κ1) is 9.57. The van der Waals surface area contributed by atoms with Gasteiger partial charge in [-0.25, -0.2) is 0 Å². The van der Waals surface area contributed by atoms with Gasteiger partial charge in [0.05, 0.1) is 0 Å². The summed E-state index contributed by atoms with van der Waals surface area (Å²) in [5.41, 5.74) is 0. The lowest BCUT2D eigenvalue weighted by Gasteiger charge is -2.37. The van der Waals surface area contributed by atoms with Crippen LogP contribution in [0.5, 0.6) is 0 Å². The van der Waals surface area contributed by atoms with Gasteiger partial charge in [0.15, 0.2) is 5.03 Å². The van der Waals surface area contributed by atoms with Crippen molar-refractivity contribution in [1.82, 2.24) is 10.2 Å². The van der Waals surface area contributed by atoms with Crippen molar-refractivity contribution in [3.63, 3.8) is 0 Å². The van der Waals surface area contributed by atoms with E-state index >= 15 is 0 Å². The molecule has 0 atom stereocenters. The second-order valence-corrected chi connectivity index (χ2v) is 5.07. The minimum Gasteiger partial charge on any atom is -0.364 e. The number of rotatable bonds is 1. The summed E-state index contributed by atoms with van der Waals surface area (Å²) in [5, 5.41) is 4.32. The van der Waals surface area contributed by atoms with Crippen molar-refractivity contribution in [3.8, 4) is 0 Å². The zero-order valence-corrected chi connectivity index (χ0v) is 8.33. The molecule has 14 heavy (non-hydrogen) atoms. The highest BCUT2D eigenvalue weighted by Gasteiger charge is 2.31. The molecule has 0 aromatic carbocycles. The summed E-state index contributed by atoms with van der Waals surface area (Å²) in [6, 6.07) is 0. The fourth-order valence-electron chi connectivity index (χ4n) is 1.53. The third kappa shape index (κ3) is 1.52. The number of likely N-dealkylation sites (tertiary alicyclic amines) is 1. The summed E-state index contributed by atoms with van der Waals surface area (Å²) in [4.78, 5) is 12.8. The zero-order chi connectivity index (χ0) is 10.2. The number of carbonyl (C=O) groups is 1. The molecule has 0 saturated carbocycles. The van der Waals surface area contributed by atoms with Gasteiger partial charge < -0.3 is 5.32 Å². The van der Waals surface area contributed by atoms with E-state index in [0.717, 1.165) is 6.42 Å². The van der Waals surface area contributed by atoms with Crippen molar-refractivity contribution in [1.29, 1.82) is 0 Å². The van der Waals surface area contributed by atoms with E-state index in [1.807, 2.05) is 0 Å². The SMILES string of the molecule is O=C1CCCN1C1=CNC=CS1(O)O. The molecular weight excluding hydrogens is 204 g/mol. The maximum Gasteiger partial charge on any atom is 0.228 e. The van der Waals surface area contributed by atoms with Gasteiger partial charge in [-0.2, -0.15) is 0 Å². The molecule has 5 nitrogen and oxygen atoms in total. The van der Waals surface area contributed by atoms with Gasteiger partial charge >= 0.3 is 0 Å². The lowest BCUT2D eigenvalue weighted by molar-refractivity contribution is -0.125. The largest absolute Gasteiger partial charge is 0.364 e. The lowest BCUT2D eigenvalue weighted by Crippen LogP contribution is -2.29. The number of carbonyl (C=O) groups excluding carboxylic acids is 1. The fourth-order valence-corrected chi connectivity index (χ4v) is 2.70. The van der Waals surface area contributed by atoms with Gasteiger partial charge in [0.2, 0.25) is 5.91 Å². The summed E-state index contributed by atoms with van der Waals surface area (Å²) in [6.45, 7) is 0.566. The first-order valence-corrected chi connectivity index (χ1v) is 5.94. The normalized spacial score (nSPS) is 27.1. The second kappa shape index (κ2) is 3.30. The first-order valence-electron chi connectivity index (χ1n) is 4.33. The van der Waals surface area contributed by atoms with Crippen molar-refractivity contribution in [3.05, 3.63) is 22.8 Å². The van der Waals surface area contributed by atoms with E-state index in [2.05, 4.69) is 5.32 Å². The maximum atomic E-state index is 11.4. The predicted octanol–water partition coefficient (Wildman–Crippen LogP) is 1.23. The average molecular weight is 216 g/mol. The Kier molecular flexibility index (Phi) is 2.26. The van der Waals surface area contributed by atoms with Gasteiger partial charge in [-0.1, -0.05) is 0 Å². The highest BCUT2D eigenvalue weighted by molar-refractivity contribution is 8.30.